The molecule has 2 atom stereocenters. The molecule has 0 aromatic heterocycles. The highest BCUT2D eigenvalue weighted by molar-refractivity contribution is 5.95. The molecule has 2 unspecified atom stereocenters. The van der Waals surface area contributed by atoms with E-state index in [9.17, 15) is 4.79 Å². The number of hydrogen-bond donors (Lipinski definition) is 2. The van der Waals surface area contributed by atoms with E-state index in [-0.39, 0.29) is 18.1 Å². The third-order valence-electron chi connectivity index (χ3n) is 2.97. The SMILES string of the molecule is CC1CC(NC(=O)c2cccc(N)c2)CCO1. The second-order valence-corrected chi connectivity index (χ2v) is 4.50. The van der Waals surface area contributed by atoms with Crippen LogP contribution in [-0.2, 0) is 4.74 Å². The van der Waals surface area contributed by atoms with Crippen molar-refractivity contribution < 1.29 is 9.53 Å². The molecule has 1 aromatic carbocycles. The van der Waals surface area contributed by atoms with Crippen LogP contribution in [0.2, 0.25) is 0 Å². The van der Waals surface area contributed by atoms with E-state index in [1.807, 2.05) is 6.92 Å². The van der Waals surface area contributed by atoms with Crippen molar-refractivity contribution in [3.63, 3.8) is 0 Å². The molecule has 0 saturated carbocycles. The van der Waals surface area contributed by atoms with E-state index in [4.69, 9.17) is 10.5 Å². The third-order valence-corrected chi connectivity index (χ3v) is 2.97. The smallest absolute Gasteiger partial charge is 0.251 e. The first-order valence-corrected chi connectivity index (χ1v) is 5.93. The second-order valence-electron chi connectivity index (χ2n) is 4.50. The molecule has 1 saturated heterocycles. The molecule has 1 fully saturated rings. The predicted molar refractivity (Wildman–Crippen MR) is 66.8 cm³/mol. The highest BCUT2D eigenvalue weighted by Gasteiger charge is 2.21. The zero-order chi connectivity index (χ0) is 12.3. The zero-order valence-corrected chi connectivity index (χ0v) is 9.98. The minimum atomic E-state index is -0.0589. The molecule has 1 heterocycles. The molecule has 0 radical (unpaired) electrons. The predicted octanol–water partition coefficient (Wildman–Crippen LogP) is 1.57. The van der Waals surface area contributed by atoms with Crippen LogP contribution in [0.3, 0.4) is 0 Å². The summed E-state index contributed by atoms with van der Waals surface area (Å²) in [5, 5.41) is 3.02. The van der Waals surface area contributed by atoms with Crippen molar-refractivity contribution in [2.24, 2.45) is 0 Å². The van der Waals surface area contributed by atoms with Gasteiger partial charge in [0.05, 0.1) is 6.10 Å². The summed E-state index contributed by atoms with van der Waals surface area (Å²) in [6.07, 6.45) is 1.96. The maximum absolute atomic E-state index is 12.0. The number of ether oxygens (including phenoxy) is 1. The molecule has 1 amide bonds. The lowest BCUT2D eigenvalue weighted by Crippen LogP contribution is -2.41. The van der Waals surface area contributed by atoms with Crippen LogP contribution in [-0.4, -0.2) is 24.7 Å². The monoisotopic (exact) mass is 234 g/mol. The number of carbonyl (C=O) groups excluding carboxylic acids is 1. The average Bonchev–Trinajstić information content (AvgIpc) is 2.29. The maximum Gasteiger partial charge on any atom is 0.251 e. The summed E-state index contributed by atoms with van der Waals surface area (Å²) in [5.74, 6) is -0.0589. The summed E-state index contributed by atoms with van der Waals surface area (Å²) >= 11 is 0. The van der Waals surface area contributed by atoms with Crippen LogP contribution in [0.4, 0.5) is 5.69 Å². The Kier molecular flexibility index (Phi) is 3.64. The van der Waals surface area contributed by atoms with Crippen LogP contribution < -0.4 is 11.1 Å². The molecule has 0 spiro atoms. The Hall–Kier alpha value is -1.55. The molecule has 3 N–H and O–H groups in total. The van der Waals surface area contributed by atoms with Crippen molar-refractivity contribution in [2.45, 2.75) is 31.9 Å². The van der Waals surface area contributed by atoms with E-state index in [2.05, 4.69) is 5.32 Å². The summed E-state index contributed by atoms with van der Waals surface area (Å²) in [6, 6.07) is 7.23. The van der Waals surface area contributed by atoms with Gasteiger partial charge in [-0.3, -0.25) is 4.79 Å². The van der Waals surface area contributed by atoms with Crippen LogP contribution in [0.5, 0.6) is 0 Å². The topological polar surface area (TPSA) is 64.4 Å². The van der Waals surface area contributed by atoms with Gasteiger partial charge in [-0.15, -0.1) is 0 Å². The first-order chi connectivity index (χ1) is 8.15. The van der Waals surface area contributed by atoms with Gasteiger partial charge in [-0.2, -0.15) is 0 Å². The third kappa shape index (κ3) is 3.20. The molecular formula is C13H18N2O2. The van der Waals surface area contributed by atoms with E-state index < -0.39 is 0 Å². The van der Waals surface area contributed by atoms with Gasteiger partial charge in [0.1, 0.15) is 0 Å². The minimum Gasteiger partial charge on any atom is -0.399 e. The number of hydrogen-bond acceptors (Lipinski definition) is 3. The molecule has 4 heteroatoms. The van der Waals surface area contributed by atoms with E-state index >= 15 is 0 Å². The molecule has 2 rings (SSSR count). The van der Waals surface area contributed by atoms with Gasteiger partial charge in [0.25, 0.3) is 5.91 Å². The summed E-state index contributed by atoms with van der Waals surface area (Å²) in [7, 11) is 0. The lowest BCUT2D eigenvalue weighted by Gasteiger charge is -2.27. The summed E-state index contributed by atoms with van der Waals surface area (Å²) in [4.78, 5) is 12.0. The summed E-state index contributed by atoms with van der Waals surface area (Å²) in [5.41, 5.74) is 6.88. The molecule has 17 heavy (non-hydrogen) atoms. The number of nitrogens with one attached hydrogen (secondary N) is 1. The van der Waals surface area contributed by atoms with Gasteiger partial charge in [0.2, 0.25) is 0 Å². The molecule has 92 valence electrons. The highest BCUT2D eigenvalue weighted by Crippen LogP contribution is 2.14. The van der Waals surface area contributed by atoms with Crippen LogP contribution in [0.15, 0.2) is 24.3 Å². The average molecular weight is 234 g/mol. The first kappa shape index (κ1) is 11.9. The Balaban J connectivity index is 1.97. The molecule has 1 aromatic rings. The van der Waals surface area contributed by atoms with E-state index in [0.717, 1.165) is 12.8 Å². The van der Waals surface area contributed by atoms with E-state index in [0.29, 0.717) is 17.9 Å². The second kappa shape index (κ2) is 5.19. The van der Waals surface area contributed by atoms with Gasteiger partial charge in [0, 0.05) is 23.9 Å². The fourth-order valence-corrected chi connectivity index (χ4v) is 2.08. The van der Waals surface area contributed by atoms with Crippen molar-refractivity contribution in [1.82, 2.24) is 5.32 Å². The molecular weight excluding hydrogens is 216 g/mol. The zero-order valence-electron chi connectivity index (χ0n) is 9.98. The summed E-state index contributed by atoms with van der Waals surface area (Å²) < 4.78 is 5.44. The molecule has 1 aliphatic rings. The van der Waals surface area contributed by atoms with Gasteiger partial charge < -0.3 is 15.8 Å². The fourth-order valence-electron chi connectivity index (χ4n) is 2.08. The molecule has 0 aliphatic carbocycles. The first-order valence-electron chi connectivity index (χ1n) is 5.93. The van der Waals surface area contributed by atoms with Gasteiger partial charge in [-0.1, -0.05) is 6.07 Å². The number of amides is 1. The maximum atomic E-state index is 12.0. The van der Waals surface area contributed by atoms with Crippen LogP contribution in [0.1, 0.15) is 30.1 Å². The number of benzene rings is 1. The number of rotatable bonds is 2. The molecule has 1 aliphatic heterocycles. The number of carbonyl (C=O) groups is 1. The van der Waals surface area contributed by atoms with Crippen LogP contribution in [0, 0.1) is 0 Å². The largest absolute Gasteiger partial charge is 0.399 e. The van der Waals surface area contributed by atoms with Crippen molar-refractivity contribution in [2.75, 3.05) is 12.3 Å². The van der Waals surface area contributed by atoms with E-state index in [1.165, 1.54) is 0 Å². The molecule has 4 nitrogen and oxygen atoms in total. The van der Waals surface area contributed by atoms with Gasteiger partial charge in [-0.05, 0) is 38.0 Å². The van der Waals surface area contributed by atoms with Gasteiger partial charge in [0.15, 0.2) is 0 Å². The minimum absolute atomic E-state index is 0.0589. The molecule has 0 bridgehead atoms. The fraction of sp³-hybridized carbons (Fsp3) is 0.462. The normalized spacial score (nSPS) is 24.3. The lowest BCUT2D eigenvalue weighted by molar-refractivity contribution is 0.0136. The van der Waals surface area contributed by atoms with Crippen LogP contribution >= 0.6 is 0 Å². The quantitative estimate of drug-likeness (QED) is 0.763. The number of anilines is 1. The van der Waals surface area contributed by atoms with Gasteiger partial charge >= 0.3 is 0 Å². The van der Waals surface area contributed by atoms with E-state index in [1.54, 1.807) is 24.3 Å². The summed E-state index contributed by atoms with van der Waals surface area (Å²) in [6.45, 7) is 2.74. The van der Waals surface area contributed by atoms with Crippen molar-refractivity contribution in [3.8, 4) is 0 Å². The standard InChI is InChI=1S/C13H18N2O2/c1-9-7-12(5-6-17-9)15-13(16)10-3-2-4-11(14)8-10/h2-4,8-9,12H,5-7,14H2,1H3,(H,15,16). The Morgan fingerprint density at radius 3 is 3.06 bits per heavy atom. The Morgan fingerprint density at radius 1 is 1.53 bits per heavy atom. The van der Waals surface area contributed by atoms with Gasteiger partial charge in [-0.25, -0.2) is 0 Å². The van der Waals surface area contributed by atoms with Crippen molar-refractivity contribution >= 4 is 11.6 Å². The Labute approximate surface area is 101 Å². The van der Waals surface area contributed by atoms with Crippen LogP contribution in [0.25, 0.3) is 0 Å². The lowest BCUT2D eigenvalue weighted by atomic mass is 10.0. The Morgan fingerprint density at radius 2 is 2.35 bits per heavy atom. The highest BCUT2D eigenvalue weighted by atomic mass is 16.5. The number of nitrogen functional groups attached to an aromatic ring is 1. The Bertz CT molecular complexity index is 406. The van der Waals surface area contributed by atoms with Crippen molar-refractivity contribution in [3.05, 3.63) is 29.8 Å². The van der Waals surface area contributed by atoms with Crippen molar-refractivity contribution in [1.29, 1.82) is 0 Å². The number of nitrogens with two attached hydrogens (primary N) is 1.